The number of fused-ring (bicyclic) bond motifs is 1. The summed E-state index contributed by atoms with van der Waals surface area (Å²) in [4.78, 5) is 16.5. The van der Waals surface area contributed by atoms with Gasteiger partial charge in [-0.3, -0.25) is 4.79 Å². The number of rotatable bonds is 8. The van der Waals surface area contributed by atoms with Crippen molar-refractivity contribution in [2.45, 2.75) is 24.3 Å². The smallest absolute Gasteiger partial charge is 0.250 e. The quantitative estimate of drug-likeness (QED) is 0.337. The zero-order valence-electron chi connectivity index (χ0n) is 15.8. The SMILES string of the molecule is COc1cc(C=NNC(=O)CSc2nc3ccccc3s2)ccc1OC(C)C. The maximum atomic E-state index is 12.0. The van der Waals surface area contributed by atoms with E-state index in [4.69, 9.17) is 9.47 Å². The van der Waals surface area contributed by atoms with Crippen molar-refractivity contribution < 1.29 is 14.3 Å². The minimum Gasteiger partial charge on any atom is -0.493 e. The number of nitrogens with zero attached hydrogens (tertiary/aromatic N) is 2. The Bertz CT molecular complexity index is 953. The Morgan fingerprint density at radius 3 is 2.86 bits per heavy atom. The fourth-order valence-electron chi connectivity index (χ4n) is 2.37. The summed E-state index contributed by atoms with van der Waals surface area (Å²) in [6.45, 7) is 3.91. The van der Waals surface area contributed by atoms with Gasteiger partial charge in [-0.1, -0.05) is 23.9 Å². The van der Waals surface area contributed by atoms with E-state index in [9.17, 15) is 4.79 Å². The lowest BCUT2D eigenvalue weighted by molar-refractivity contribution is -0.118. The molecule has 1 amide bonds. The molecule has 0 unspecified atom stereocenters. The van der Waals surface area contributed by atoms with Crippen molar-refractivity contribution in [1.29, 1.82) is 0 Å². The van der Waals surface area contributed by atoms with Crippen LogP contribution in [0.3, 0.4) is 0 Å². The van der Waals surface area contributed by atoms with Crippen LogP contribution in [0.25, 0.3) is 10.2 Å². The van der Waals surface area contributed by atoms with Gasteiger partial charge in [0.2, 0.25) is 0 Å². The van der Waals surface area contributed by atoms with E-state index in [2.05, 4.69) is 15.5 Å². The van der Waals surface area contributed by atoms with Crippen molar-refractivity contribution >= 4 is 45.4 Å². The second-order valence-electron chi connectivity index (χ2n) is 6.11. The van der Waals surface area contributed by atoms with Crippen LogP contribution in [0.15, 0.2) is 51.9 Å². The van der Waals surface area contributed by atoms with E-state index >= 15 is 0 Å². The van der Waals surface area contributed by atoms with Crippen LogP contribution in [-0.4, -0.2) is 36.1 Å². The van der Waals surface area contributed by atoms with Gasteiger partial charge in [-0.2, -0.15) is 5.10 Å². The first kappa shape index (κ1) is 20.2. The van der Waals surface area contributed by atoms with Crippen LogP contribution in [0.2, 0.25) is 0 Å². The first-order valence-electron chi connectivity index (χ1n) is 8.70. The van der Waals surface area contributed by atoms with Crippen molar-refractivity contribution in [3.8, 4) is 11.5 Å². The fraction of sp³-hybridized carbons (Fsp3) is 0.250. The number of aromatic nitrogens is 1. The molecular weight excluding hydrogens is 394 g/mol. The van der Waals surface area contributed by atoms with Gasteiger partial charge in [-0.15, -0.1) is 11.3 Å². The molecule has 146 valence electrons. The summed E-state index contributed by atoms with van der Waals surface area (Å²) in [5.41, 5.74) is 4.28. The summed E-state index contributed by atoms with van der Waals surface area (Å²) >= 11 is 2.98. The van der Waals surface area contributed by atoms with E-state index in [0.29, 0.717) is 11.5 Å². The molecule has 3 aromatic rings. The molecule has 0 saturated heterocycles. The summed E-state index contributed by atoms with van der Waals surface area (Å²) < 4.78 is 13.0. The lowest BCUT2D eigenvalue weighted by Crippen LogP contribution is -2.19. The first-order chi connectivity index (χ1) is 13.5. The highest BCUT2D eigenvalue weighted by Crippen LogP contribution is 2.29. The average molecular weight is 416 g/mol. The Kier molecular flexibility index (Phi) is 6.89. The van der Waals surface area contributed by atoms with E-state index in [1.165, 1.54) is 11.8 Å². The minimum absolute atomic E-state index is 0.0561. The Labute approximate surface area is 172 Å². The molecule has 28 heavy (non-hydrogen) atoms. The summed E-state index contributed by atoms with van der Waals surface area (Å²) in [5.74, 6) is 1.36. The molecule has 6 nitrogen and oxygen atoms in total. The molecule has 3 rings (SSSR count). The Morgan fingerprint density at radius 2 is 2.11 bits per heavy atom. The average Bonchev–Trinajstić information content (AvgIpc) is 3.10. The van der Waals surface area contributed by atoms with Crippen LogP contribution in [0, 0.1) is 0 Å². The van der Waals surface area contributed by atoms with Crippen LogP contribution < -0.4 is 14.9 Å². The number of methoxy groups -OCH3 is 1. The zero-order valence-corrected chi connectivity index (χ0v) is 17.5. The third-order valence-corrected chi connectivity index (χ3v) is 5.73. The molecule has 8 heteroatoms. The van der Waals surface area contributed by atoms with Crippen molar-refractivity contribution in [2.24, 2.45) is 5.10 Å². The van der Waals surface area contributed by atoms with Gasteiger partial charge in [0.15, 0.2) is 15.8 Å². The van der Waals surface area contributed by atoms with Gasteiger partial charge in [-0.25, -0.2) is 10.4 Å². The van der Waals surface area contributed by atoms with Crippen molar-refractivity contribution in [3.05, 3.63) is 48.0 Å². The van der Waals surface area contributed by atoms with Crippen LogP contribution in [0.1, 0.15) is 19.4 Å². The van der Waals surface area contributed by atoms with Crippen molar-refractivity contribution in [1.82, 2.24) is 10.4 Å². The van der Waals surface area contributed by atoms with E-state index in [-0.39, 0.29) is 17.8 Å². The molecule has 1 heterocycles. The second-order valence-corrected chi connectivity index (χ2v) is 8.36. The molecule has 1 N–H and O–H groups in total. The molecule has 0 radical (unpaired) electrons. The number of amides is 1. The molecule has 0 spiro atoms. The molecule has 0 aliphatic heterocycles. The van der Waals surface area contributed by atoms with Gasteiger partial charge in [-0.05, 0) is 49.7 Å². The van der Waals surface area contributed by atoms with E-state index in [0.717, 1.165) is 20.1 Å². The molecule has 0 aliphatic rings. The molecular formula is C20H21N3O3S2. The molecule has 0 aliphatic carbocycles. The maximum absolute atomic E-state index is 12.0. The number of hydrogen-bond acceptors (Lipinski definition) is 7. The van der Waals surface area contributed by atoms with Crippen LogP contribution in [-0.2, 0) is 4.79 Å². The summed E-state index contributed by atoms with van der Waals surface area (Å²) in [7, 11) is 1.59. The lowest BCUT2D eigenvalue weighted by Gasteiger charge is -2.13. The van der Waals surface area contributed by atoms with Crippen LogP contribution >= 0.6 is 23.1 Å². The van der Waals surface area contributed by atoms with Gasteiger partial charge in [0.25, 0.3) is 5.91 Å². The predicted octanol–water partition coefficient (Wildman–Crippen LogP) is 4.33. The van der Waals surface area contributed by atoms with Crippen molar-refractivity contribution in [2.75, 3.05) is 12.9 Å². The van der Waals surface area contributed by atoms with Gasteiger partial charge in [0.05, 0.1) is 35.4 Å². The molecule has 2 aromatic carbocycles. The van der Waals surface area contributed by atoms with E-state index < -0.39 is 0 Å². The largest absolute Gasteiger partial charge is 0.493 e. The number of hydrogen-bond donors (Lipinski definition) is 1. The number of para-hydroxylation sites is 1. The van der Waals surface area contributed by atoms with Gasteiger partial charge >= 0.3 is 0 Å². The third kappa shape index (κ3) is 5.46. The summed E-state index contributed by atoms with van der Waals surface area (Å²) in [5, 5.41) is 4.01. The van der Waals surface area contributed by atoms with E-state index in [1.807, 2.05) is 56.3 Å². The summed E-state index contributed by atoms with van der Waals surface area (Å²) in [6.07, 6.45) is 1.63. The highest BCUT2D eigenvalue weighted by Gasteiger charge is 2.08. The fourth-order valence-corrected chi connectivity index (χ4v) is 4.23. The van der Waals surface area contributed by atoms with Crippen LogP contribution in [0.5, 0.6) is 11.5 Å². The third-order valence-electron chi connectivity index (χ3n) is 3.55. The standard InChI is InChI=1S/C20H21N3O3S2/c1-13(2)26-16-9-8-14(10-17(16)25-3)11-21-23-19(24)12-27-20-22-15-6-4-5-7-18(15)28-20/h4-11,13H,12H2,1-3H3,(H,23,24). The van der Waals surface area contributed by atoms with Gasteiger partial charge in [0, 0.05) is 0 Å². The molecule has 1 aromatic heterocycles. The summed E-state index contributed by atoms with van der Waals surface area (Å²) in [6, 6.07) is 13.4. The Hall–Kier alpha value is -2.58. The van der Waals surface area contributed by atoms with E-state index in [1.54, 1.807) is 24.7 Å². The molecule has 0 fully saturated rings. The minimum atomic E-state index is -0.188. The first-order valence-corrected chi connectivity index (χ1v) is 10.5. The number of thioether (sulfide) groups is 1. The molecule has 0 atom stereocenters. The number of thiazole rings is 1. The number of nitrogens with one attached hydrogen (secondary N) is 1. The maximum Gasteiger partial charge on any atom is 0.250 e. The predicted molar refractivity (Wildman–Crippen MR) is 115 cm³/mol. The second kappa shape index (κ2) is 9.57. The number of hydrazone groups is 1. The van der Waals surface area contributed by atoms with Gasteiger partial charge in [0.1, 0.15) is 0 Å². The molecule has 0 saturated carbocycles. The highest BCUT2D eigenvalue weighted by molar-refractivity contribution is 8.01. The number of benzene rings is 2. The number of ether oxygens (including phenoxy) is 2. The van der Waals surface area contributed by atoms with Crippen LogP contribution in [0.4, 0.5) is 0 Å². The Morgan fingerprint density at radius 1 is 1.29 bits per heavy atom. The number of carbonyl (C=O) groups is 1. The lowest BCUT2D eigenvalue weighted by atomic mass is 10.2. The van der Waals surface area contributed by atoms with Gasteiger partial charge < -0.3 is 9.47 Å². The number of carbonyl (C=O) groups excluding carboxylic acids is 1. The Balaban J connectivity index is 1.52. The molecule has 0 bridgehead atoms. The highest BCUT2D eigenvalue weighted by atomic mass is 32.2. The topological polar surface area (TPSA) is 72.8 Å². The van der Waals surface area contributed by atoms with Crippen molar-refractivity contribution in [3.63, 3.8) is 0 Å². The monoisotopic (exact) mass is 415 g/mol. The zero-order chi connectivity index (χ0) is 19.9. The normalized spacial score (nSPS) is 11.3.